The van der Waals surface area contributed by atoms with Crippen LogP contribution >= 0.6 is 12.2 Å². The zero-order chi connectivity index (χ0) is 6.85. The van der Waals surface area contributed by atoms with Crippen LogP contribution in [0.1, 0.15) is 10.5 Å². The lowest BCUT2D eigenvalue weighted by Crippen LogP contribution is -1.96. The van der Waals surface area contributed by atoms with Gasteiger partial charge in [-0.1, -0.05) is 12.2 Å². The molecule has 0 saturated carbocycles. The molecule has 0 bridgehead atoms. The molecule has 0 saturated heterocycles. The van der Waals surface area contributed by atoms with E-state index in [1.165, 1.54) is 0 Å². The highest BCUT2D eigenvalue weighted by Crippen LogP contribution is 1.90. The summed E-state index contributed by atoms with van der Waals surface area (Å²) in [5, 5.41) is 16.2. The van der Waals surface area contributed by atoms with Crippen molar-refractivity contribution in [3.8, 4) is 0 Å². The largest absolute Gasteiger partial charge is 0.476 e. The Labute approximate surface area is 54.7 Å². The second-order valence-electron chi connectivity index (χ2n) is 1.33. The number of carbonyl (C=O) groups is 1. The van der Waals surface area contributed by atoms with Crippen molar-refractivity contribution in [2.45, 2.75) is 0 Å². The predicted octanol–water partition coefficient (Wildman–Crippen LogP) is 0.165. The van der Waals surface area contributed by atoms with Gasteiger partial charge in [0.15, 0.2) is 4.64 Å². The highest BCUT2D eigenvalue weighted by atomic mass is 32.1. The zero-order valence-electron chi connectivity index (χ0n) is 4.21. The van der Waals surface area contributed by atoms with Crippen LogP contribution in [0.4, 0.5) is 0 Å². The van der Waals surface area contributed by atoms with E-state index in [9.17, 15) is 4.79 Å². The lowest BCUT2D eigenvalue weighted by atomic mass is 10.5. The summed E-state index contributed by atoms with van der Waals surface area (Å²) in [6, 6.07) is 0. The normalized spacial score (nSPS) is 9.33. The molecule has 1 aromatic heterocycles. The number of aromatic amines is 2. The fourth-order valence-corrected chi connectivity index (χ4v) is 0.568. The van der Waals surface area contributed by atoms with Crippen molar-refractivity contribution in [1.29, 1.82) is 0 Å². The molecule has 1 rings (SSSR count). The molecule has 0 spiro atoms. The molecule has 0 amide bonds. The average Bonchev–Trinajstić information content (AvgIpc) is 2.13. The first-order chi connectivity index (χ1) is 4.22. The van der Waals surface area contributed by atoms with Gasteiger partial charge in [0.1, 0.15) is 0 Å². The van der Waals surface area contributed by atoms with E-state index in [1.54, 1.807) is 0 Å². The van der Waals surface area contributed by atoms with Gasteiger partial charge in [-0.2, -0.15) is 0 Å². The first-order valence-electron chi connectivity index (χ1n) is 2.08. The Balaban J connectivity index is 3.24. The standard InChI is InChI=1S/C3H3N3O2S/c7-3(8)1-2(9)5-6-4-1/h(H,7,8)(H2,4,5,6,9). The topological polar surface area (TPSA) is 81.8 Å². The minimum atomic E-state index is -1.13. The lowest BCUT2D eigenvalue weighted by molar-refractivity contribution is 0.0690. The lowest BCUT2D eigenvalue weighted by Gasteiger charge is -1.77. The first kappa shape index (κ1) is 5.96. The van der Waals surface area contributed by atoms with Crippen LogP contribution in [0.2, 0.25) is 0 Å². The van der Waals surface area contributed by atoms with Gasteiger partial charge in [0.25, 0.3) is 0 Å². The van der Waals surface area contributed by atoms with Gasteiger partial charge < -0.3 is 5.11 Å². The predicted molar refractivity (Wildman–Crippen MR) is 30.7 cm³/mol. The van der Waals surface area contributed by atoms with E-state index in [2.05, 4.69) is 27.6 Å². The Morgan fingerprint density at radius 1 is 1.78 bits per heavy atom. The second kappa shape index (κ2) is 1.98. The Hall–Kier alpha value is -1.17. The number of nitrogens with zero attached hydrogens (tertiary/aromatic N) is 1. The summed E-state index contributed by atoms with van der Waals surface area (Å²) in [6.45, 7) is 0. The third kappa shape index (κ3) is 0.968. The fraction of sp³-hybridized carbons (Fsp3) is 0. The van der Waals surface area contributed by atoms with Crippen molar-refractivity contribution in [3.63, 3.8) is 0 Å². The molecule has 0 atom stereocenters. The molecule has 0 aliphatic heterocycles. The number of aromatic nitrogens is 3. The summed E-state index contributed by atoms with van der Waals surface area (Å²) in [6.07, 6.45) is 0. The van der Waals surface area contributed by atoms with Crippen molar-refractivity contribution in [2.75, 3.05) is 0 Å². The van der Waals surface area contributed by atoms with Crippen LogP contribution in [0.3, 0.4) is 0 Å². The molecule has 1 aromatic rings. The Morgan fingerprint density at radius 2 is 2.44 bits per heavy atom. The number of rotatable bonds is 1. The number of hydrogen-bond acceptors (Lipinski definition) is 3. The van der Waals surface area contributed by atoms with E-state index in [0.717, 1.165) is 0 Å². The molecular formula is C3H3N3O2S. The molecular weight excluding hydrogens is 142 g/mol. The molecule has 5 nitrogen and oxygen atoms in total. The van der Waals surface area contributed by atoms with E-state index in [1.807, 2.05) is 0 Å². The van der Waals surface area contributed by atoms with Gasteiger partial charge >= 0.3 is 5.97 Å². The summed E-state index contributed by atoms with van der Waals surface area (Å²) in [7, 11) is 0. The SMILES string of the molecule is O=C(O)c1n[nH][nH]c1=S. The van der Waals surface area contributed by atoms with E-state index < -0.39 is 5.97 Å². The molecule has 0 aliphatic carbocycles. The van der Waals surface area contributed by atoms with Crippen molar-refractivity contribution in [1.82, 2.24) is 15.4 Å². The van der Waals surface area contributed by atoms with Crippen molar-refractivity contribution < 1.29 is 9.90 Å². The van der Waals surface area contributed by atoms with Crippen LogP contribution in [-0.4, -0.2) is 26.5 Å². The maximum absolute atomic E-state index is 10.1. The monoisotopic (exact) mass is 145 g/mol. The van der Waals surface area contributed by atoms with Crippen LogP contribution in [0.25, 0.3) is 0 Å². The third-order valence-electron chi connectivity index (χ3n) is 0.755. The number of H-pyrrole nitrogens is 2. The van der Waals surface area contributed by atoms with E-state index in [-0.39, 0.29) is 10.3 Å². The van der Waals surface area contributed by atoms with Gasteiger partial charge in [0.2, 0.25) is 5.69 Å². The van der Waals surface area contributed by atoms with Gasteiger partial charge in [0, 0.05) is 0 Å². The second-order valence-corrected chi connectivity index (χ2v) is 1.74. The molecule has 48 valence electrons. The maximum Gasteiger partial charge on any atom is 0.359 e. The summed E-state index contributed by atoms with van der Waals surface area (Å²) in [5.41, 5.74) is -0.148. The van der Waals surface area contributed by atoms with Gasteiger partial charge in [-0.25, -0.2) is 10.0 Å². The average molecular weight is 145 g/mol. The number of carboxylic acid groups (broad SMARTS) is 1. The Kier molecular flexibility index (Phi) is 1.31. The molecule has 6 heteroatoms. The summed E-state index contributed by atoms with van der Waals surface area (Å²) >= 11 is 4.53. The summed E-state index contributed by atoms with van der Waals surface area (Å²) < 4.78 is 0.113. The number of carboxylic acids is 1. The Morgan fingerprint density at radius 3 is 2.67 bits per heavy atom. The van der Waals surface area contributed by atoms with Crippen LogP contribution < -0.4 is 0 Å². The van der Waals surface area contributed by atoms with Gasteiger partial charge in [-0.05, 0) is 0 Å². The fourth-order valence-electron chi connectivity index (χ4n) is 0.390. The maximum atomic E-state index is 10.1. The zero-order valence-corrected chi connectivity index (χ0v) is 5.03. The molecule has 9 heavy (non-hydrogen) atoms. The minimum absolute atomic E-state index is 0.113. The summed E-state index contributed by atoms with van der Waals surface area (Å²) in [5.74, 6) is -1.13. The number of aromatic carboxylic acids is 1. The van der Waals surface area contributed by atoms with E-state index in [0.29, 0.717) is 0 Å². The molecule has 0 unspecified atom stereocenters. The first-order valence-corrected chi connectivity index (χ1v) is 2.49. The minimum Gasteiger partial charge on any atom is -0.476 e. The van der Waals surface area contributed by atoms with Crippen LogP contribution in [0, 0.1) is 4.64 Å². The molecule has 3 N–H and O–H groups in total. The van der Waals surface area contributed by atoms with Crippen LogP contribution in [0.5, 0.6) is 0 Å². The van der Waals surface area contributed by atoms with E-state index >= 15 is 0 Å². The van der Waals surface area contributed by atoms with Crippen LogP contribution in [-0.2, 0) is 0 Å². The Bertz CT molecular complexity index is 275. The third-order valence-corrected chi connectivity index (χ3v) is 1.05. The molecule has 0 aliphatic rings. The van der Waals surface area contributed by atoms with Gasteiger partial charge in [0.05, 0.1) is 0 Å². The number of hydrogen-bond donors (Lipinski definition) is 3. The van der Waals surface area contributed by atoms with Crippen molar-refractivity contribution >= 4 is 18.2 Å². The highest BCUT2D eigenvalue weighted by Gasteiger charge is 2.06. The molecule has 0 aromatic carbocycles. The highest BCUT2D eigenvalue weighted by molar-refractivity contribution is 7.71. The summed E-state index contributed by atoms with van der Waals surface area (Å²) in [4.78, 5) is 10.1. The van der Waals surface area contributed by atoms with Crippen LogP contribution in [0.15, 0.2) is 0 Å². The molecule has 0 fully saturated rings. The van der Waals surface area contributed by atoms with Gasteiger partial charge in [-0.15, -0.1) is 5.10 Å². The smallest absolute Gasteiger partial charge is 0.359 e. The molecule has 0 radical (unpaired) electrons. The van der Waals surface area contributed by atoms with Crippen molar-refractivity contribution in [3.05, 3.63) is 10.3 Å². The van der Waals surface area contributed by atoms with Gasteiger partial charge in [-0.3, -0.25) is 5.10 Å². The number of nitrogens with one attached hydrogen (secondary N) is 2. The quantitative estimate of drug-likeness (QED) is 0.492. The van der Waals surface area contributed by atoms with E-state index in [4.69, 9.17) is 5.11 Å². The van der Waals surface area contributed by atoms with Crippen molar-refractivity contribution in [2.24, 2.45) is 0 Å². The molecule has 1 heterocycles.